The minimum Gasteiger partial charge on any atom is -0.465 e. The van der Waals surface area contributed by atoms with E-state index in [2.05, 4.69) is 38.5 Å². The van der Waals surface area contributed by atoms with Crippen LogP contribution in [0.1, 0.15) is 59.6 Å². The highest BCUT2D eigenvalue weighted by molar-refractivity contribution is 7.20. The number of hydrogen-bond acceptors (Lipinski definition) is 8. The molecule has 4 heterocycles. The molecule has 0 spiro atoms. The summed E-state index contributed by atoms with van der Waals surface area (Å²) in [5.74, 6) is 2.72. The van der Waals surface area contributed by atoms with Crippen molar-refractivity contribution in [2.75, 3.05) is 18.6 Å². The van der Waals surface area contributed by atoms with Crippen molar-refractivity contribution in [1.82, 2.24) is 24.7 Å². The van der Waals surface area contributed by atoms with Gasteiger partial charge in [-0.15, -0.1) is 21.5 Å². The van der Waals surface area contributed by atoms with E-state index in [0.29, 0.717) is 16.6 Å². The predicted octanol–water partition coefficient (Wildman–Crippen LogP) is 3.68. The van der Waals surface area contributed by atoms with Gasteiger partial charge in [-0.2, -0.15) is 0 Å². The summed E-state index contributed by atoms with van der Waals surface area (Å²) in [5, 5.41) is 9.57. The van der Waals surface area contributed by atoms with Crippen molar-refractivity contribution in [2.45, 2.75) is 53.1 Å². The molecule has 0 aromatic carbocycles. The molecule has 1 saturated heterocycles. The molecule has 3 aromatic rings. The number of nitrogens with zero attached hydrogens (tertiary/aromatic N) is 6. The van der Waals surface area contributed by atoms with Crippen molar-refractivity contribution in [3.63, 3.8) is 0 Å². The fourth-order valence-corrected chi connectivity index (χ4v) is 5.20. The quantitative estimate of drug-likeness (QED) is 0.589. The van der Waals surface area contributed by atoms with Crippen LogP contribution in [0.15, 0.2) is 6.33 Å². The Hall–Kier alpha value is -2.55. The van der Waals surface area contributed by atoms with E-state index >= 15 is 0 Å². The van der Waals surface area contributed by atoms with Crippen LogP contribution in [0, 0.1) is 19.8 Å². The Morgan fingerprint density at radius 1 is 1.34 bits per heavy atom. The molecule has 1 atom stereocenters. The average Bonchev–Trinajstić information content (AvgIpc) is 3.38. The number of ether oxygens (including phenoxy) is 1. The molecule has 0 radical (unpaired) electrons. The number of rotatable bonds is 5. The van der Waals surface area contributed by atoms with Crippen LogP contribution in [-0.4, -0.2) is 44.4 Å². The molecule has 8 nitrogen and oxygen atoms in total. The fourth-order valence-electron chi connectivity index (χ4n) is 4.06. The highest BCUT2D eigenvalue weighted by atomic mass is 32.1. The molecule has 0 saturated carbocycles. The lowest BCUT2D eigenvalue weighted by atomic mass is 10.1. The Labute approximate surface area is 173 Å². The number of carbonyl (C=O) groups is 1. The van der Waals surface area contributed by atoms with E-state index in [1.54, 1.807) is 0 Å². The molecule has 154 valence electrons. The molecular formula is C20H26N6O2S. The summed E-state index contributed by atoms with van der Waals surface area (Å²) in [7, 11) is 1.40. The first-order valence-electron chi connectivity index (χ1n) is 9.91. The summed E-state index contributed by atoms with van der Waals surface area (Å²) in [5.41, 5.74) is 0.876. The van der Waals surface area contributed by atoms with Crippen molar-refractivity contribution in [1.29, 1.82) is 0 Å². The van der Waals surface area contributed by atoms with E-state index in [0.717, 1.165) is 53.4 Å². The highest BCUT2D eigenvalue weighted by Gasteiger charge is 2.33. The van der Waals surface area contributed by atoms with Gasteiger partial charge in [0.2, 0.25) is 0 Å². The van der Waals surface area contributed by atoms with Gasteiger partial charge in [-0.3, -0.25) is 0 Å². The molecule has 29 heavy (non-hydrogen) atoms. The zero-order chi connectivity index (χ0) is 20.7. The number of fused-ring (bicyclic) bond motifs is 1. The standard InChI is InChI=1S/C20H26N6O2S/c1-11(2)9-25-10-21-24-17(25)14-7-6-8-26(14)18-15-12(3)16(20(27)28-5)29-19(15)23-13(4)22-18/h10-11,14H,6-9H2,1-5H3. The molecular weight excluding hydrogens is 388 g/mol. The maximum Gasteiger partial charge on any atom is 0.348 e. The first kappa shape index (κ1) is 19.8. The molecule has 1 aliphatic rings. The van der Waals surface area contributed by atoms with Crippen LogP contribution in [0.25, 0.3) is 10.2 Å². The Morgan fingerprint density at radius 3 is 2.86 bits per heavy atom. The van der Waals surface area contributed by atoms with Gasteiger partial charge in [0, 0.05) is 13.1 Å². The molecule has 4 rings (SSSR count). The molecule has 3 aromatic heterocycles. The minimum atomic E-state index is -0.330. The lowest BCUT2D eigenvalue weighted by Gasteiger charge is -2.26. The number of carbonyl (C=O) groups excluding carboxylic acids is 1. The largest absolute Gasteiger partial charge is 0.465 e. The summed E-state index contributed by atoms with van der Waals surface area (Å²) in [6.45, 7) is 9.98. The molecule has 9 heteroatoms. The topological polar surface area (TPSA) is 86.0 Å². The normalized spacial score (nSPS) is 16.9. The molecule has 1 aliphatic heterocycles. The van der Waals surface area contributed by atoms with Crippen molar-refractivity contribution in [2.24, 2.45) is 5.92 Å². The number of aryl methyl sites for hydroxylation is 2. The number of thiophene rings is 1. The van der Waals surface area contributed by atoms with E-state index in [4.69, 9.17) is 9.72 Å². The van der Waals surface area contributed by atoms with Crippen LogP contribution >= 0.6 is 11.3 Å². The van der Waals surface area contributed by atoms with E-state index in [-0.39, 0.29) is 12.0 Å². The third kappa shape index (κ3) is 3.48. The van der Waals surface area contributed by atoms with Crippen LogP contribution in [-0.2, 0) is 11.3 Å². The van der Waals surface area contributed by atoms with Gasteiger partial charge in [0.1, 0.15) is 27.7 Å². The van der Waals surface area contributed by atoms with Gasteiger partial charge in [0.15, 0.2) is 5.82 Å². The summed E-state index contributed by atoms with van der Waals surface area (Å²) in [6, 6.07) is 0.106. The lowest BCUT2D eigenvalue weighted by Crippen LogP contribution is -2.27. The molecule has 0 aliphatic carbocycles. The molecule has 1 fully saturated rings. The van der Waals surface area contributed by atoms with Gasteiger partial charge < -0.3 is 14.2 Å². The first-order valence-corrected chi connectivity index (χ1v) is 10.7. The predicted molar refractivity (Wildman–Crippen MR) is 112 cm³/mol. The van der Waals surface area contributed by atoms with Crippen LogP contribution < -0.4 is 4.90 Å². The number of anilines is 1. The fraction of sp³-hybridized carbons (Fsp3) is 0.550. The van der Waals surface area contributed by atoms with Gasteiger partial charge in [0.25, 0.3) is 0 Å². The highest BCUT2D eigenvalue weighted by Crippen LogP contribution is 2.41. The number of hydrogen-bond donors (Lipinski definition) is 0. The zero-order valence-electron chi connectivity index (χ0n) is 17.5. The Balaban J connectivity index is 1.82. The SMILES string of the molecule is COC(=O)c1sc2nc(C)nc(N3CCCC3c3nncn3CC(C)C)c2c1C. The van der Waals surface area contributed by atoms with E-state index in [9.17, 15) is 4.79 Å². The van der Waals surface area contributed by atoms with Gasteiger partial charge >= 0.3 is 5.97 Å². The van der Waals surface area contributed by atoms with Crippen molar-refractivity contribution in [3.05, 3.63) is 28.4 Å². The summed E-state index contributed by atoms with van der Waals surface area (Å²) in [4.78, 5) is 25.3. The first-order chi connectivity index (χ1) is 13.9. The van der Waals surface area contributed by atoms with Gasteiger partial charge in [0.05, 0.1) is 18.5 Å². The van der Waals surface area contributed by atoms with Gasteiger partial charge in [-0.1, -0.05) is 13.8 Å². The second-order valence-electron chi connectivity index (χ2n) is 7.91. The molecule has 1 unspecified atom stereocenters. The second kappa shape index (κ2) is 7.70. The minimum absolute atomic E-state index is 0.106. The second-order valence-corrected chi connectivity index (χ2v) is 8.91. The lowest BCUT2D eigenvalue weighted by molar-refractivity contribution is 0.0605. The zero-order valence-corrected chi connectivity index (χ0v) is 18.3. The monoisotopic (exact) mass is 414 g/mol. The molecule has 0 N–H and O–H groups in total. The smallest absolute Gasteiger partial charge is 0.348 e. The summed E-state index contributed by atoms with van der Waals surface area (Å²) in [6.07, 6.45) is 3.86. The molecule has 0 bridgehead atoms. The van der Waals surface area contributed by atoms with Crippen LogP contribution in [0.3, 0.4) is 0 Å². The third-order valence-corrected chi connectivity index (χ3v) is 6.45. The van der Waals surface area contributed by atoms with Gasteiger partial charge in [-0.25, -0.2) is 14.8 Å². The van der Waals surface area contributed by atoms with Crippen molar-refractivity contribution in [3.8, 4) is 0 Å². The van der Waals surface area contributed by atoms with Crippen LogP contribution in [0.4, 0.5) is 5.82 Å². The van der Waals surface area contributed by atoms with Crippen molar-refractivity contribution >= 4 is 33.3 Å². The van der Waals surface area contributed by atoms with E-state index < -0.39 is 0 Å². The molecule has 0 amide bonds. The maximum atomic E-state index is 12.2. The summed E-state index contributed by atoms with van der Waals surface area (Å²) < 4.78 is 7.12. The Kier molecular flexibility index (Phi) is 5.24. The number of methoxy groups -OCH3 is 1. The van der Waals surface area contributed by atoms with Crippen LogP contribution in [0.5, 0.6) is 0 Å². The van der Waals surface area contributed by atoms with Gasteiger partial charge in [-0.05, 0) is 38.2 Å². The van der Waals surface area contributed by atoms with Crippen molar-refractivity contribution < 1.29 is 9.53 Å². The number of aromatic nitrogens is 5. The van der Waals surface area contributed by atoms with E-state index in [1.807, 2.05) is 20.2 Å². The average molecular weight is 415 g/mol. The van der Waals surface area contributed by atoms with E-state index in [1.165, 1.54) is 18.4 Å². The number of esters is 1. The third-order valence-electron chi connectivity index (χ3n) is 5.28. The Bertz CT molecular complexity index is 1060. The van der Waals surface area contributed by atoms with Crippen LogP contribution in [0.2, 0.25) is 0 Å². The Morgan fingerprint density at radius 2 is 2.14 bits per heavy atom. The maximum absolute atomic E-state index is 12.2. The summed E-state index contributed by atoms with van der Waals surface area (Å²) >= 11 is 1.37.